The Hall–Kier alpha value is -1.76. The fourth-order valence-electron chi connectivity index (χ4n) is 2.27. The maximum absolute atomic E-state index is 5.84. The summed E-state index contributed by atoms with van der Waals surface area (Å²) in [5.74, 6) is 1.01. The second-order valence-corrected chi connectivity index (χ2v) is 4.29. The van der Waals surface area contributed by atoms with Gasteiger partial charge < -0.3 is 4.74 Å². The van der Waals surface area contributed by atoms with E-state index in [0.29, 0.717) is 6.61 Å². The van der Waals surface area contributed by atoms with Gasteiger partial charge in [0.1, 0.15) is 12.4 Å². The van der Waals surface area contributed by atoms with E-state index >= 15 is 0 Å². The molecule has 0 amide bonds. The molecule has 1 aromatic carbocycles. The van der Waals surface area contributed by atoms with Crippen LogP contribution in [0.5, 0.6) is 0 Å². The van der Waals surface area contributed by atoms with Gasteiger partial charge in [0.2, 0.25) is 0 Å². The first-order chi connectivity index (χ1) is 7.84. The number of rotatable bonds is 0. The molecular formula is C15H14O. The lowest BCUT2D eigenvalue weighted by atomic mass is 9.92. The van der Waals surface area contributed by atoms with Crippen LogP contribution in [-0.4, -0.2) is 0 Å². The first-order valence-electron chi connectivity index (χ1n) is 5.62. The van der Waals surface area contributed by atoms with Crippen molar-refractivity contribution in [3.05, 3.63) is 71.0 Å². The SMILES string of the molecule is C=C1CC=CC2=C1Cc1ccccc1CO2. The van der Waals surface area contributed by atoms with Crippen molar-refractivity contribution in [3.63, 3.8) is 0 Å². The number of fused-ring (bicyclic) bond motifs is 1. The zero-order chi connectivity index (χ0) is 11.0. The molecule has 0 spiro atoms. The van der Waals surface area contributed by atoms with Crippen molar-refractivity contribution in [2.24, 2.45) is 0 Å². The van der Waals surface area contributed by atoms with Crippen LogP contribution < -0.4 is 0 Å². The Bertz CT molecular complexity index is 506. The van der Waals surface area contributed by atoms with Crippen LogP contribution in [-0.2, 0) is 17.8 Å². The van der Waals surface area contributed by atoms with E-state index in [2.05, 4.69) is 43.0 Å². The van der Waals surface area contributed by atoms with Crippen molar-refractivity contribution < 1.29 is 4.74 Å². The third-order valence-corrected chi connectivity index (χ3v) is 3.23. The first-order valence-corrected chi connectivity index (χ1v) is 5.62. The van der Waals surface area contributed by atoms with E-state index < -0.39 is 0 Å². The summed E-state index contributed by atoms with van der Waals surface area (Å²) in [6.45, 7) is 4.80. The summed E-state index contributed by atoms with van der Waals surface area (Å²) in [7, 11) is 0. The number of benzene rings is 1. The highest BCUT2D eigenvalue weighted by Gasteiger charge is 2.18. The summed E-state index contributed by atoms with van der Waals surface area (Å²) < 4.78 is 5.84. The Balaban J connectivity index is 2.06. The molecule has 1 aliphatic heterocycles. The van der Waals surface area contributed by atoms with Gasteiger partial charge in [0, 0.05) is 12.0 Å². The molecule has 1 heteroatoms. The quantitative estimate of drug-likeness (QED) is 0.636. The van der Waals surface area contributed by atoms with E-state index in [4.69, 9.17) is 4.74 Å². The molecule has 16 heavy (non-hydrogen) atoms. The van der Waals surface area contributed by atoms with E-state index in [0.717, 1.165) is 18.6 Å². The summed E-state index contributed by atoms with van der Waals surface area (Å²) >= 11 is 0. The third kappa shape index (κ3) is 1.49. The smallest absolute Gasteiger partial charge is 0.123 e. The molecule has 1 aromatic rings. The number of hydrogen-bond donors (Lipinski definition) is 0. The van der Waals surface area contributed by atoms with Crippen LogP contribution in [0.1, 0.15) is 17.5 Å². The molecule has 0 saturated carbocycles. The van der Waals surface area contributed by atoms with E-state index in [1.165, 1.54) is 22.3 Å². The average molecular weight is 210 g/mol. The van der Waals surface area contributed by atoms with Gasteiger partial charge in [-0.2, -0.15) is 0 Å². The van der Waals surface area contributed by atoms with Crippen molar-refractivity contribution in [1.29, 1.82) is 0 Å². The van der Waals surface area contributed by atoms with E-state index in [-0.39, 0.29) is 0 Å². The normalized spacial score (nSPS) is 18.6. The molecular weight excluding hydrogens is 196 g/mol. The minimum absolute atomic E-state index is 0.673. The van der Waals surface area contributed by atoms with Crippen molar-refractivity contribution in [1.82, 2.24) is 0 Å². The van der Waals surface area contributed by atoms with Gasteiger partial charge in [0.25, 0.3) is 0 Å². The minimum atomic E-state index is 0.673. The van der Waals surface area contributed by atoms with Gasteiger partial charge in [-0.3, -0.25) is 0 Å². The van der Waals surface area contributed by atoms with Gasteiger partial charge in [0.05, 0.1) is 0 Å². The third-order valence-electron chi connectivity index (χ3n) is 3.23. The predicted octanol–water partition coefficient (Wildman–Crippen LogP) is 3.53. The summed E-state index contributed by atoms with van der Waals surface area (Å²) in [5.41, 5.74) is 5.11. The molecule has 3 rings (SSSR count). The maximum Gasteiger partial charge on any atom is 0.123 e. The Morgan fingerprint density at radius 3 is 2.81 bits per heavy atom. The van der Waals surface area contributed by atoms with Crippen LogP contribution in [0.3, 0.4) is 0 Å². The van der Waals surface area contributed by atoms with Gasteiger partial charge in [-0.15, -0.1) is 0 Å². The zero-order valence-corrected chi connectivity index (χ0v) is 9.20. The molecule has 1 nitrogen and oxygen atoms in total. The summed E-state index contributed by atoms with van der Waals surface area (Å²) in [6, 6.07) is 8.48. The van der Waals surface area contributed by atoms with Crippen molar-refractivity contribution in [3.8, 4) is 0 Å². The Morgan fingerprint density at radius 1 is 1.12 bits per heavy atom. The number of ether oxygens (including phenoxy) is 1. The van der Waals surface area contributed by atoms with E-state index in [9.17, 15) is 0 Å². The fourth-order valence-corrected chi connectivity index (χ4v) is 2.27. The molecule has 0 saturated heterocycles. The maximum atomic E-state index is 5.84. The Labute approximate surface area is 95.7 Å². The van der Waals surface area contributed by atoms with Gasteiger partial charge in [-0.05, 0) is 29.2 Å². The van der Waals surface area contributed by atoms with Crippen LogP contribution in [0.2, 0.25) is 0 Å². The highest BCUT2D eigenvalue weighted by atomic mass is 16.5. The first kappa shape index (κ1) is 9.46. The van der Waals surface area contributed by atoms with Crippen LogP contribution in [0.15, 0.2) is 59.9 Å². The van der Waals surface area contributed by atoms with Gasteiger partial charge in [-0.25, -0.2) is 0 Å². The molecule has 0 atom stereocenters. The topological polar surface area (TPSA) is 9.23 Å². The molecule has 1 heterocycles. The lowest BCUT2D eigenvalue weighted by molar-refractivity contribution is 0.210. The van der Waals surface area contributed by atoms with Crippen LogP contribution >= 0.6 is 0 Å². The van der Waals surface area contributed by atoms with Gasteiger partial charge in [0.15, 0.2) is 0 Å². The highest BCUT2D eigenvalue weighted by molar-refractivity contribution is 5.46. The van der Waals surface area contributed by atoms with Crippen LogP contribution in [0.4, 0.5) is 0 Å². The monoisotopic (exact) mass is 210 g/mol. The summed E-state index contributed by atoms with van der Waals surface area (Å²) in [4.78, 5) is 0. The van der Waals surface area contributed by atoms with Gasteiger partial charge in [-0.1, -0.05) is 36.9 Å². The molecule has 0 fully saturated rings. The molecule has 0 unspecified atom stereocenters. The van der Waals surface area contributed by atoms with Crippen molar-refractivity contribution >= 4 is 0 Å². The van der Waals surface area contributed by atoms with E-state index in [1.54, 1.807) is 0 Å². The molecule has 0 bridgehead atoms. The molecule has 0 N–H and O–H groups in total. The highest BCUT2D eigenvalue weighted by Crippen LogP contribution is 2.31. The van der Waals surface area contributed by atoms with Gasteiger partial charge >= 0.3 is 0 Å². The summed E-state index contributed by atoms with van der Waals surface area (Å²) in [6.07, 6.45) is 6.10. The Kier molecular flexibility index (Phi) is 2.17. The van der Waals surface area contributed by atoms with Crippen LogP contribution in [0, 0.1) is 0 Å². The van der Waals surface area contributed by atoms with Crippen molar-refractivity contribution in [2.45, 2.75) is 19.4 Å². The molecule has 1 aliphatic carbocycles. The summed E-state index contributed by atoms with van der Waals surface area (Å²) in [5, 5.41) is 0. The predicted molar refractivity (Wildman–Crippen MR) is 64.9 cm³/mol. The molecule has 0 aromatic heterocycles. The lowest BCUT2D eigenvalue weighted by Crippen LogP contribution is -2.00. The number of allylic oxidation sites excluding steroid dienone is 4. The molecule has 0 radical (unpaired) electrons. The molecule has 2 aliphatic rings. The average Bonchev–Trinajstić information content (AvgIpc) is 2.50. The standard InChI is InChI=1S/C15H14O/c1-11-5-4-8-15-14(11)9-12-6-2-3-7-13(12)10-16-15/h2-4,6-8H,1,5,9-10H2. The second kappa shape index (κ2) is 3.67. The zero-order valence-electron chi connectivity index (χ0n) is 9.20. The van der Waals surface area contributed by atoms with Crippen molar-refractivity contribution in [2.75, 3.05) is 0 Å². The van der Waals surface area contributed by atoms with Crippen LogP contribution in [0.25, 0.3) is 0 Å². The fraction of sp³-hybridized carbons (Fsp3) is 0.200. The lowest BCUT2D eigenvalue weighted by Gasteiger charge is -2.15. The number of hydrogen-bond acceptors (Lipinski definition) is 1. The largest absolute Gasteiger partial charge is 0.489 e. The minimum Gasteiger partial charge on any atom is -0.489 e. The molecule has 80 valence electrons. The van der Waals surface area contributed by atoms with E-state index in [1.807, 2.05) is 0 Å². The second-order valence-electron chi connectivity index (χ2n) is 4.29. The Morgan fingerprint density at radius 2 is 1.94 bits per heavy atom.